The summed E-state index contributed by atoms with van der Waals surface area (Å²) >= 11 is 0. The molecule has 0 unspecified atom stereocenters. The number of carbonyl (C=O) groups is 1. The van der Waals surface area contributed by atoms with E-state index < -0.39 is 0 Å². The van der Waals surface area contributed by atoms with Crippen LogP contribution in [-0.2, 0) is 16.0 Å². The first-order valence-electron chi connectivity index (χ1n) is 6.95. The van der Waals surface area contributed by atoms with E-state index in [0.717, 1.165) is 11.3 Å². The molecule has 1 amide bonds. The minimum absolute atomic E-state index is 0.0683. The molecule has 1 N–H and O–H groups in total. The average Bonchev–Trinajstić information content (AvgIpc) is 3.02. The van der Waals surface area contributed by atoms with Gasteiger partial charge in [-0.3, -0.25) is 4.79 Å². The molecular formula is C15H19N3O4. The largest absolute Gasteiger partial charge is 0.497 e. The second-order valence-electron chi connectivity index (χ2n) is 4.57. The van der Waals surface area contributed by atoms with Crippen molar-refractivity contribution in [1.29, 1.82) is 0 Å². The van der Waals surface area contributed by atoms with E-state index in [0.29, 0.717) is 37.8 Å². The normalized spacial score (nSPS) is 10.5. The molecular weight excluding hydrogens is 286 g/mol. The fraction of sp³-hybridized carbons (Fsp3) is 0.400. The lowest BCUT2D eigenvalue weighted by molar-refractivity contribution is -0.121. The molecule has 0 saturated heterocycles. The van der Waals surface area contributed by atoms with Gasteiger partial charge in [0.2, 0.25) is 17.7 Å². The highest BCUT2D eigenvalue weighted by Crippen LogP contribution is 2.21. The third-order valence-corrected chi connectivity index (χ3v) is 3.00. The summed E-state index contributed by atoms with van der Waals surface area (Å²) in [7, 11) is 3.20. The van der Waals surface area contributed by atoms with Gasteiger partial charge in [-0.2, -0.15) is 0 Å². The molecule has 7 nitrogen and oxygen atoms in total. The Morgan fingerprint density at radius 1 is 1.23 bits per heavy atom. The lowest BCUT2D eigenvalue weighted by Gasteiger charge is -2.02. The average molecular weight is 305 g/mol. The second-order valence-corrected chi connectivity index (χ2v) is 4.57. The zero-order valence-corrected chi connectivity index (χ0v) is 12.7. The van der Waals surface area contributed by atoms with E-state index in [1.807, 2.05) is 24.3 Å². The number of hydrogen-bond acceptors (Lipinski definition) is 6. The molecule has 1 aromatic carbocycles. The number of aromatic nitrogens is 2. The van der Waals surface area contributed by atoms with Crippen LogP contribution in [0.25, 0.3) is 11.5 Å². The Balaban J connectivity index is 1.86. The van der Waals surface area contributed by atoms with Crippen molar-refractivity contribution < 1.29 is 18.7 Å². The Labute approximate surface area is 128 Å². The van der Waals surface area contributed by atoms with Crippen LogP contribution in [0, 0.1) is 0 Å². The fourth-order valence-corrected chi connectivity index (χ4v) is 1.81. The van der Waals surface area contributed by atoms with Crippen LogP contribution in [0.5, 0.6) is 5.75 Å². The first-order chi connectivity index (χ1) is 10.7. The van der Waals surface area contributed by atoms with Crippen LogP contribution in [0.2, 0.25) is 0 Å². The van der Waals surface area contributed by atoms with Crippen molar-refractivity contribution in [3.8, 4) is 17.2 Å². The van der Waals surface area contributed by atoms with Crippen molar-refractivity contribution in [2.45, 2.75) is 12.8 Å². The maximum atomic E-state index is 11.6. The molecule has 2 rings (SSSR count). The third-order valence-electron chi connectivity index (χ3n) is 3.00. The minimum Gasteiger partial charge on any atom is -0.497 e. The summed E-state index contributed by atoms with van der Waals surface area (Å²) in [5.74, 6) is 1.56. The predicted octanol–water partition coefficient (Wildman–Crippen LogP) is 1.44. The van der Waals surface area contributed by atoms with Gasteiger partial charge in [-0.25, -0.2) is 0 Å². The molecule has 0 saturated carbocycles. The Morgan fingerprint density at radius 3 is 2.68 bits per heavy atom. The maximum absolute atomic E-state index is 11.6. The molecule has 2 aromatic rings. The van der Waals surface area contributed by atoms with Crippen molar-refractivity contribution in [3.63, 3.8) is 0 Å². The van der Waals surface area contributed by atoms with Gasteiger partial charge in [0.25, 0.3) is 0 Å². The Bertz CT molecular complexity index is 595. The number of hydrogen-bond donors (Lipinski definition) is 1. The highest BCUT2D eigenvalue weighted by molar-refractivity contribution is 5.75. The Hall–Kier alpha value is -2.41. The molecule has 22 heavy (non-hydrogen) atoms. The van der Waals surface area contributed by atoms with E-state index in [9.17, 15) is 4.79 Å². The fourth-order valence-electron chi connectivity index (χ4n) is 1.81. The number of carbonyl (C=O) groups excluding carboxylic acids is 1. The topological polar surface area (TPSA) is 86.5 Å². The van der Waals surface area contributed by atoms with Crippen LogP contribution in [0.1, 0.15) is 12.3 Å². The van der Waals surface area contributed by atoms with Crippen molar-refractivity contribution in [2.75, 3.05) is 27.4 Å². The number of benzene rings is 1. The standard InChI is InChI=1S/C15H19N3O4/c1-20-10-9-16-13(19)7-8-14-17-18-15(22-14)11-3-5-12(21-2)6-4-11/h3-6H,7-10H2,1-2H3,(H,16,19). The summed E-state index contributed by atoms with van der Waals surface area (Å²) in [4.78, 5) is 11.6. The Morgan fingerprint density at radius 2 is 2.00 bits per heavy atom. The number of methoxy groups -OCH3 is 2. The lowest BCUT2D eigenvalue weighted by atomic mass is 10.2. The van der Waals surface area contributed by atoms with Crippen molar-refractivity contribution in [3.05, 3.63) is 30.2 Å². The molecule has 0 aliphatic rings. The SMILES string of the molecule is COCCNC(=O)CCc1nnc(-c2ccc(OC)cc2)o1. The van der Waals surface area contributed by atoms with Crippen LogP contribution in [-0.4, -0.2) is 43.5 Å². The molecule has 7 heteroatoms. The Kier molecular flexibility index (Phi) is 5.91. The van der Waals surface area contributed by atoms with Crippen molar-refractivity contribution >= 4 is 5.91 Å². The molecule has 0 atom stereocenters. The lowest BCUT2D eigenvalue weighted by Crippen LogP contribution is -2.27. The van der Waals surface area contributed by atoms with Gasteiger partial charge in [0, 0.05) is 32.1 Å². The number of amides is 1. The summed E-state index contributed by atoms with van der Waals surface area (Å²) in [6, 6.07) is 7.33. The van der Waals surface area contributed by atoms with Gasteiger partial charge in [-0.1, -0.05) is 0 Å². The summed E-state index contributed by atoms with van der Waals surface area (Å²) in [6.45, 7) is 0.990. The molecule has 0 spiro atoms. The first kappa shape index (κ1) is 16.0. The number of nitrogens with one attached hydrogen (secondary N) is 1. The predicted molar refractivity (Wildman–Crippen MR) is 79.5 cm³/mol. The molecule has 1 heterocycles. The van der Waals surface area contributed by atoms with Crippen LogP contribution in [0.3, 0.4) is 0 Å². The van der Waals surface area contributed by atoms with Gasteiger partial charge in [-0.15, -0.1) is 10.2 Å². The molecule has 0 aliphatic heterocycles. The van der Waals surface area contributed by atoms with Gasteiger partial charge in [0.1, 0.15) is 5.75 Å². The zero-order chi connectivity index (χ0) is 15.8. The third kappa shape index (κ3) is 4.56. The van der Waals surface area contributed by atoms with E-state index in [1.165, 1.54) is 0 Å². The number of aryl methyl sites for hydroxylation is 1. The van der Waals surface area contributed by atoms with E-state index in [1.54, 1.807) is 14.2 Å². The highest BCUT2D eigenvalue weighted by atomic mass is 16.5. The van der Waals surface area contributed by atoms with Crippen LogP contribution < -0.4 is 10.1 Å². The summed E-state index contributed by atoms with van der Waals surface area (Å²) in [5.41, 5.74) is 0.809. The van der Waals surface area contributed by atoms with Crippen LogP contribution in [0.4, 0.5) is 0 Å². The minimum atomic E-state index is -0.0683. The van der Waals surface area contributed by atoms with E-state index in [-0.39, 0.29) is 5.91 Å². The quantitative estimate of drug-likeness (QED) is 0.743. The summed E-state index contributed by atoms with van der Waals surface area (Å²) in [5, 5.41) is 10.7. The maximum Gasteiger partial charge on any atom is 0.247 e. The summed E-state index contributed by atoms with van der Waals surface area (Å²) < 4.78 is 15.5. The van der Waals surface area contributed by atoms with Crippen LogP contribution >= 0.6 is 0 Å². The molecule has 0 fully saturated rings. The highest BCUT2D eigenvalue weighted by Gasteiger charge is 2.10. The second kappa shape index (κ2) is 8.14. The molecule has 0 bridgehead atoms. The van der Waals surface area contributed by atoms with Crippen LogP contribution in [0.15, 0.2) is 28.7 Å². The van der Waals surface area contributed by atoms with E-state index in [4.69, 9.17) is 13.9 Å². The van der Waals surface area contributed by atoms with Gasteiger partial charge in [0.15, 0.2) is 0 Å². The van der Waals surface area contributed by atoms with E-state index >= 15 is 0 Å². The van der Waals surface area contributed by atoms with Gasteiger partial charge < -0.3 is 19.2 Å². The smallest absolute Gasteiger partial charge is 0.247 e. The van der Waals surface area contributed by atoms with E-state index in [2.05, 4.69) is 15.5 Å². The zero-order valence-electron chi connectivity index (χ0n) is 12.7. The first-order valence-corrected chi connectivity index (χ1v) is 6.95. The molecule has 0 aliphatic carbocycles. The van der Waals surface area contributed by atoms with Gasteiger partial charge in [0.05, 0.1) is 13.7 Å². The number of ether oxygens (including phenoxy) is 2. The molecule has 1 aromatic heterocycles. The van der Waals surface area contributed by atoms with Gasteiger partial charge >= 0.3 is 0 Å². The van der Waals surface area contributed by atoms with Crippen molar-refractivity contribution in [1.82, 2.24) is 15.5 Å². The molecule has 0 radical (unpaired) electrons. The number of nitrogens with zero attached hydrogens (tertiary/aromatic N) is 2. The van der Waals surface area contributed by atoms with Crippen molar-refractivity contribution in [2.24, 2.45) is 0 Å². The van der Waals surface area contributed by atoms with Gasteiger partial charge in [-0.05, 0) is 24.3 Å². The monoisotopic (exact) mass is 305 g/mol. The molecule has 118 valence electrons. The summed E-state index contributed by atoms with van der Waals surface area (Å²) in [6.07, 6.45) is 0.704. The number of rotatable bonds is 8.